The van der Waals surface area contributed by atoms with Gasteiger partial charge in [-0.25, -0.2) is 9.18 Å². The van der Waals surface area contributed by atoms with Crippen molar-refractivity contribution in [1.82, 2.24) is 0 Å². The maximum atomic E-state index is 13.5. The molecule has 0 saturated heterocycles. The summed E-state index contributed by atoms with van der Waals surface area (Å²) in [5.41, 5.74) is -0.488. The minimum absolute atomic E-state index is 0.129. The topological polar surface area (TPSA) is 46.5 Å². The molecule has 0 aliphatic heterocycles. The zero-order valence-electron chi connectivity index (χ0n) is 8.25. The lowest BCUT2D eigenvalue weighted by Gasteiger charge is -2.12. The summed E-state index contributed by atoms with van der Waals surface area (Å²) in [5, 5.41) is 8.82. The first kappa shape index (κ1) is 11.8. The zero-order valence-corrected chi connectivity index (χ0v) is 9.01. The summed E-state index contributed by atoms with van der Waals surface area (Å²) in [7, 11) is 0. The SMILES string of the molecule is CC(C)Oc1cc(Cl)cc(C(=O)O)c1F. The second kappa shape index (κ2) is 4.49. The van der Waals surface area contributed by atoms with E-state index in [9.17, 15) is 9.18 Å². The fourth-order valence-corrected chi connectivity index (χ4v) is 1.27. The molecule has 1 N–H and O–H groups in total. The minimum Gasteiger partial charge on any atom is -0.488 e. The van der Waals surface area contributed by atoms with E-state index < -0.39 is 17.3 Å². The molecule has 5 heteroatoms. The van der Waals surface area contributed by atoms with Gasteiger partial charge in [0.15, 0.2) is 11.6 Å². The maximum Gasteiger partial charge on any atom is 0.338 e. The van der Waals surface area contributed by atoms with Gasteiger partial charge in [-0.05, 0) is 19.9 Å². The molecule has 0 aliphatic rings. The molecule has 0 unspecified atom stereocenters. The largest absolute Gasteiger partial charge is 0.488 e. The van der Waals surface area contributed by atoms with Crippen molar-refractivity contribution >= 4 is 17.6 Å². The second-order valence-corrected chi connectivity index (χ2v) is 3.67. The highest BCUT2D eigenvalue weighted by molar-refractivity contribution is 6.31. The van der Waals surface area contributed by atoms with E-state index in [1.54, 1.807) is 13.8 Å². The Bertz CT molecular complexity index is 390. The number of benzene rings is 1. The van der Waals surface area contributed by atoms with Crippen molar-refractivity contribution in [2.45, 2.75) is 20.0 Å². The number of rotatable bonds is 3. The summed E-state index contributed by atoms with van der Waals surface area (Å²) in [5.74, 6) is -2.42. The van der Waals surface area contributed by atoms with Crippen LogP contribution >= 0.6 is 11.6 Å². The Morgan fingerprint density at radius 3 is 2.60 bits per heavy atom. The molecule has 0 aliphatic carbocycles. The van der Waals surface area contributed by atoms with E-state index in [1.807, 2.05) is 0 Å². The van der Waals surface area contributed by atoms with Crippen molar-refractivity contribution in [2.24, 2.45) is 0 Å². The van der Waals surface area contributed by atoms with Crippen LogP contribution in [-0.4, -0.2) is 17.2 Å². The molecule has 0 amide bonds. The number of carbonyl (C=O) groups is 1. The highest BCUT2D eigenvalue weighted by Crippen LogP contribution is 2.26. The lowest BCUT2D eigenvalue weighted by molar-refractivity contribution is 0.0690. The number of ether oxygens (including phenoxy) is 1. The molecule has 0 spiro atoms. The number of carboxylic acid groups (broad SMARTS) is 1. The fraction of sp³-hybridized carbons (Fsp3) is 0.300. The molecular weight excluding hydrogens is 223 g/mol. The fourth-order valence-electron chi connectivity index (χ4n) is 1.06. The number of aromatic carboxylic acids is 1. The smallest absolute Gasteiger partial charge is 0.338 e. The Hall–Kier alpha value is -1.29. The third kappa shape index (κ3) is 2.83. The molecule has 0 fully saturated rings. The van der Waals surface area contributed by atoms with E-state index in [0.717, 1.165) is 6.07 Å². The number of hydrogen-bond donors (Lipinski definition) is 1. The quantitative estimate of drug-likeness (QED) is 0.872. The van der Waals surface area contributed by atoms with Crippen molar-refractivity contribution in [3.05, 3.63) is 28.5 Å². The van der Waals surface area contributed by atoms with E-state index in [2.05, 4.69) is 0 Å². The molecule has 0 aromatic heterocycles. The average Bonchev–Trinajstić information content (AvgIpc) is 2.09. The molecule has 1 rings (SSSR count). The van der Waals surface area contributed by atoms with Gasteiger partial charge >= 0.3 is 5.97 Å². The van der Waals surface area contributed by atoms with E-state index in [4.69, 9.17) is 21.4 Å². The predicted octanol–water partition coefficient (Wildman–Crippen LogP) is 2.96. The first-order valence-electron chi connectivity index (χ1n) is 4.30. The number of halogens is 2. The highest BCUT2D eigenvalue weighted by Gasteiger charge is 2.17. The molecular formula is C10H10ClFO3. The van der Waals surface area contributed by atoms with Gasteiger partial charge in [-0.3, -0.25) is 0 Å². The van der Waals surface area contributed by atoms with Crippen molar-refractivity contribution in [1.29, 1.82) is 0 Å². The normalized spacial score (nSPS) is 10.5. The molecule has 82 valence electrons. The third-order valence-corrected chi connectivity index (χ3v) is 1.82. The predicted molar refractivity (Wildman–Crippen MR) is 54.1 cm³/mol. The molecule has 1 aromatic rings. The summed E-state index contributed by atoms with van der Waals surface area (Å²) in [6.45, 7) is 3.42. The highest BCUT2D eigenvalue weighted by atomic mass is 35.5. The molecule has 1 aromatic carbocycles. The van der Waals surface area contributed by atoms with Crippen LogP contribution in [0.2, 0.25) is 5.02 Å². The summed E-state index contributed by atoms with van der Waals surface area (Å²) < 4.78 is 18.6. The van der Waals surface area contributed by atoms with Crippen LogP contribution in [0.15, 0.2) is 12.1 Å². The van der Waals surface area contributed by atoms with Gasteiger partial charge in [-0.1, -0.05) is 11.6 Å². The van der Waals surface area contributed by atoms with Gasteiger partial charge in [0.2, 0.25) is 0 Å². The van der Waals surface area contributed by atoms with Gasteiger partial charge in [0.1, 0.15) is 5.56 Å². The molecule has 0 heterocycles. The van der Waals surface area contributed by atoms with E-state index in [0.29, 0.717) is 0 Å². The lowest BCUT2D eigenvalue weighted by Crippen LogP contribution is -2.09. The molecule has 0 radical (unpaired) electrons. The summed E-state index contributed by atoms with van der Waals surface area (Å²) in [6, 6.07) is 2.30. The van der Waals surface area contributed by atoms with Crippen LogP contribution < -0.4 is 4.74 Å². The van der Waals surface area contributed by atoms with Crippen molar-refractivity contribution in [3.8, 4) is 5.75 Å². The van der Waals surface area contributed by atoms with Crippen LogP contribution in [0.5, 0.6) is 5.75 Å². The van der Waals surface area contributed by atoms with E-state index >= 15 is 0 Å². The molecule has 0 atom stereocenters. The number of carboxylic acids is 1. The van der Waals surface area contributed by atoms with Gasteiger partial charge in [-0.2, -0.15) is 0 Å². The minimum atomic E-state index is -1.37. The first-order valence-corrected chi connectivity index (χ1v) is 4.68. The van der Waals surface area contributed by atoms with Gasteiger partial charge < -0.3 is 9.84 Å². The summed E-state index contributed by atoms with van der Waals surface area (Å²) in [4.78, 5) is 10.7. The standard InChI is InChI=1S/C10H10ClFO3/c1-5(2)15-8-4-6(11)3-7(9(8)12)10(13)14/h3-5H,1-2H3,(H,13,14). The van der Waals surface area contributed by atoms with E-state index in [-0.39, 0.29) is 16.9 Å². The second-order valence-electron chi connectivity index (χ2n) is 3.24. The van der Waals surface area contributed by atoms with Crippen LogP contribution in [0, 0.1) is 5.82 Å². The van der Waals surface area contributed by atoms with Gasteiger partial charge in [-0.15, -0.1) is 0 Å². The average molecular weight is 233 g/mol. The molecule has 3 nitrogen and oxygen atoms in total. The zero-order chi connectivity index (χ0) is 11.6. The van der Waals surface area contributed by atoms with Gasteiger partial charge in [0.25, 0.3) is 0 Å². The maximum absolute atomic E-state index is 13.5. The van der Waals surface area contributed by atoms with Crippen LogP contribution in [-0.2, 0) is 0 Å². The Labute approximate surface area is 91.4 Å². The Kier molecular flexibility index (Phi) is 3.52. The third-order valence-electron chi connectivity index (χ3n) is 1.60. The van der Waals surface area contributed by atoms with Crippen molar-refractivity contribution < 1.29 is 19.0 Å². The monoisotopic (exact) mass is 232 g/mol. The van der Waals surface area contributed by atoms with Gasteiger partial charge in [0.05, 0.1) is 6.10 Å². The van der Waals surface area contributed by atoms with Crippen LogP contribution in [0.3, 0.4) is 0 Å². The van der Waals surface area contributed by atoms with Gasteiger partial charge in [0, 0.05) is 11.1 Å². The Morgan fingerprint density at radius 2 is 2.13 bits per heavy atom. The molecule has 15 heavy (non-hydrogen) atoms. The summed E-state index contributed by atoms with van der Waals surface area (Å²) in [6.07, 6.45) is -0.250. The first-order chi connectivity index (χ1) is 6.91. The molecule has 0 saturated carbocycles. The number of hydrogen-bond acceptors (Lipinski definition) is 2. The summed E-state index contributed by atoms with van der Waals surface area (Å²) >= 11 is 5.64. The molecule has 0 bridgehead atoms. The van der Waals surface area contributed by atoms with Crippen molar-refractivity contribution in [3.63, 3.8) is 0 Å². The van der Waals surface area contributed by atoms with E-state index in [1.165, 1.54) is 6.07 Å². The van der Waals surface area contributed by atoms with Crippen LogP contribution in [0.25, 0.3) is 0 Å². The lowest BCUT2D eigenvalue weighted by atomic mass is 10.2. The van der Waals surface area contributed by atoms with Crippen LogP contribution in [0.1, 0.15) is 24.2 Å². The Balaban J connectivity index is 3.22. The van der Waals surface area contributed by atoms with Crippen LogP contribution in [0.4, 0.5) is 4.39 Å². The Morgan fingerprint density at radius 1 is 1.53 bits per heavy atom. The van der Waals surface area contributed by atoms with Crippen molar-refractivity contribution in [2.75, 3.05) is 0 Å².